The molecule has 3 unspecified atom stereocenters. The van der Waals surface area contributed by atoms with E-state index in [4.69, 9.17) is 4.74 Å². The second kappa shape index (κ2) is 6.16. The predicted molar refractivity (Wildman–Crippen MR) is 71.6 cm³/mol. The van der Waals surface area contributed by atoms with E-state index in [2.05, 4.69) is 15.7 Å². The molecular weight excluding hydrogens is 244 g/mol. The van der Waals surface area contributed by atoms with Gasteiger partial charge in [-0.1, -0.05) is 0 Å². The quantitative estimate of drug-likeness (QED) is 0.807. The minimum absolute atomic E-state index is 0.0301. The Morgan fingerprint density at radius 2 is 2.42 bits per heavy atom. The van der Waals surface area contributed by atoms with Gasteiger partial charge >= 0.3 is 0 Å². The molecule has 6 heteroatoms. The topological polar surface area (TPSA) is 68.2 Å². The van der Waals surface area contributed by atoms with Crippen LogP contribution in [0.4, 0.5) is 0 Å². The molecule has 1 aliphatic heterocycles. The van der Waals surface area contributed by atoms with Crippen LogP contribution in [0, 0.1) is 0 Å². The predicted octanol–water partition coefficient (Wildman–Crippen LogP) is 0.364. The summed E-state index contributed by atoms with van der Waals surface area (Å²) in [7, 11) is 3.61. The lowest BCUT2D eigenvalue weighted by atomic mass is 10.1. The summed E-state index contributed by atoms with van der Waals surface area (Å²) in [5.74, 6) is -0.0431. The van der Waals surface area contributed by atoms with Crippen LogP contribution in [0.3, 0.4) is 0 Å². The molecule has 0 saturated carbocycles. The van der Waals surface area contributed by atoms with Crippen LogP contribution in [-0.2, 0) is 16.6 Å². The summed E-state index contributed by atoms with van der Waals surface area (Å²) in [5, 5.41) is 10.1. The van der Waals surface area contributed by atoms with E-state index in [1.807, 2.05) is 20.2 Å². The molecule has 1 aromatic rings. The van der Waals surface area contributed by atoms with Gasteiger partial charge in [-0.2, -0.15) is 5.10 Å². The van der Waals surface area contributed by atoms with Gasteiger partial charge in [0.15, 0.2) is 0 Å². The number of likely N-dealkylation sites (N-methyl/N-ethyl adjacent to an activating group) is 1. The smallest absolute Gasteiger partial charge is 0.242 e. The van der Waals surface area contributed by atoms with Crippen molar-refractivity contribution < 1.29 is 9.53 Å². The molecule has 0 bridgehead atoms. The molecule has 0 aromatic carbocycles. The van der Waals surface area contributed by atoms with Crippen LogP contribution < -0.4 is 10.6 Å². The maximum absolute atomic E-state index is 12.3. The van der Waals surface area contributed by atoms with Crippen molar-refractivity contribution in [1.82, 2.24) is 20.4 Å². The van der Waals surface area contributed by atoms with Crippen molar-refractivity contribution in [2.24, 2.45) is 7.05 Å². The van der Waals surface area contributed by atoms with Crippen molar-refractivity contribution in [3.05, 3.63) is 18.0 Å². The third-order valence-electron chi connectivity index (χ3n) is 3.50. The van der Waals surface area contributed by atoms with Gasteiger partial charge in [0.1, 0.15) is 6.04 Å². The fraction of sp³-hybridized carbons (Fsp3) is 0.692. The zero-order valence-corrected chi connectivity index (χ0v) is 11.7. The molecule has 1 fully saturated rings. The van der Waals surface area contributed by atoms with Crippen LogP contribution in [0.2, 0.25) is 0 Å². The van der Waals surface area contributed by atoms with Crippen molar-refractivity contribution >= 4 is 5.91 Å². The SMILES string of the molecule is CNC(C(=O)NC(C)C1CCCO1)c1cnn(C)c1. The van der Waals surface area contributed by atoms with E-state index in [9.17, 15) is 4.79 Å². The Morgan fingerprint density at radius 3 is 2.95 bits per heavy atom. The Hall–Kier alpha value is -1.40. The highest BCUT2D eigenvalue weighted by Gasteiger charge is 2.27. The molecule has 2 N–H and O–H groups in total. The van der Waals surface area contributed by atoms with Crippen LogP contribution in [0.1, 0.15) is 31.4 Å². The summed E-state index contributed by atoms with van der Waals surface area (Å²) in [6.45, 7) is 2.78. The highest BCUT2D eigenvalue weighted by atomic mass is 16.5. The second-order valence-electron chi connectivity index (χ2n) is 5.02. The van der Waals surface area contributed by atoms with Crippen LogP contribution in [0.15, 0.2) is 12.4 Å². The Balaban J connectivity index is 1.96. The zero-order valence-electron chi connectivity index (χ0n) is 11.7. The van der Waals surface area contributed by atoms with Crippen molar-refractivity contribution in [2.75, 3.05) is 13.7 Å². The maximum Gasteiger partial charge on any atom is 0.242 e. The van der Waals surface area contributed by atoms with Gasteiger partial charge in [-0.05, 0) is 26.8 Å². The number of aromatic nitrogens is 2. The molecule has 2 rings (SSSR count). The highest BCUT2D eigenvalue weighted by Crippen LogP contribution is 2.17. The largest absolute Gasteiger partial charge is 0.376 e. The number of aryl methyl sites for hydroxylation is 1. The number of nitrogens with one attached hydrogen (secondary N) is 2. The molecule has 19 heavy (non-hydrogen) atoms. The van der Waals surface area contributed by atoms with Crippen molar-refractivity contribution in [2.45, 2.75) is 38.0 Å². The van der Waals surface area contributed by atoms with Crippen LogP contribution in [-0.4, -0.2) is 41.5 Å². The molecule has 1 aliphatic rings. The first kappa shape index (κ1) is 14.0. The number of nitrogens with zero attached hydrogens (tertiary/aromatic N) is 2. The van der Waals surface area contributed by atoms with E-state index in [1.165, 1.54) is 0 Å². The normalized spacial score (nSPS) is 22.2. The van der Waals surface area contributed by atoms with Gasteiger partial charge in [0.25, 0.3) is 0 Å². The zero-order chi connectivity index (χ0) is 13.8. The van der Waals surface area contributed by atoms with E-state index in [0.29, 0.717) is 0 Å². The number of hydrogen-bond donors (Lipinski definition) is 2. The number of rotatable bonds is 5. The number of hydrogen-bond acceptors (Lipinski definition) is 4. The molecule has 0 spiro atoms. The van der Waals surface area contributed by atoms with E-state index in [0.717, 1.165) is 25.0 Å². The first-order chi connectivity index (χ1) is 9.11. The summed E-state index contributed by atoms with van der Waals surface area (Å²) < 4.78 is 7.28. The number of carbonyl (C=O) groups is 1. The van der Waals surface area contributed by atoms with Gasteiger partial charge in [0, 0.05) is 25.4 Å². The van der Waals surface area contributed by atoms with E-state index < -0.39 is 0 Å². The fourth-order valence-electron chi connectivity index (χ4n) is 2.44. The van der Waals surface area contributed by atoms with Gasteiger partial charge in [-0.3, -0.25) is 9.48 Å². The third-order valence-corrected chi connectivity index (χ3v) is 3.50. The first-order valence-corrected chi connectivity index (χ1v) is 6.69. The Bertz CT molecular complexity index is 426. The standard InChI is InChI=1S/C13H22N4O2/c1-9(11-5-4-6-19-11)16-13(18)12(14-2)10-7-15-17(3)8-10/h7-9,11-12,14H,4-6H2,1-3H3,(H,16,18). The van der Waals surface area contributed by atoms with E-state index in [1.54, 1.807) is 17.9 Å². The first-order valence-electron chi connectivity index (χ1n) is 6.69. The molecule has 106 valence electrons. The van der Waals surface area contributed by atoms with Gasteiger partial charge in [-0.15, -0.1) is 0 Å². The summed E-state index contributed by atoms with van der Waals surface area (Å²) in [6.07, 6.45) is 5.77. The average molecular weight is 266 g/mol. The van der Waals surface area contributed by atoms with Gasteiger partial charge in [0.2, 0.25) is 5.91 Å². The van der Waals surface area contributed by atoms with E-state index >= 15 is 0 Å². The lowest BCUT2D eigenvalue weighted by molar-refractivity contribution is -0.124. The Kier molecular flexibility index (Phi) is 4.55. The van der Waals surface area contributed by atoms with Crippen LogP contribution in [0.25, 0.3) is 0 Å². The molecule has 6 nitrogen and oxygen atoms in total. The summed E-state index contributed by atoms with van der Waals surface area (Å²) in [6, 6.07) is -0.347. The number of amides is 1. The lowest BCUT2D eigenvalue weighted by Crippen LogP contribution is -2.45. The lowest BCUT2D eigenvalue weighted by Gasteiger charge is -2.23. The minimum atomic E-state index is -0.377. The fourth-order valence-corrected chi connectivity index (χ4v) is 2.44. The number of ether oxygens (including phenoxy) is 1. The molecule has 0 aliphatic carbocycles. The average Bonchev–Trinajstić information content (AvgIpc) is 3.01. The van der Waals surface area contributed by atoms with Gasteiger partial charge in [0.05, 0.1) is 18.3 Å². The summed E-state index contributed by atoms with van der Waals surface area (Å²) in [5.41, 5.74) is 0.863. The Morgan fingerprint density at radius 1 is 1.63 bits per heavy atom. The summed E-state index contributed by atoms with van der Waals surface area (Å²) >= 11 is 0. The molecule has 2 heterocycles. The minimum Gasteiger partial charge on any atom is -0.376 e. The highest BCUT2D eigenvalue weighted by molar-refractivity contribution is 5.83. The molecule has 0 radical (unpaired) electrons. The van der Waals surface area contributed by atoms with Crippen LogP contribution in [0.5, 0.6) is 0 Å². The second-order valence-corrected chi connectivity index (χ2v) is 5.02. The summed E-state index contributed by atoms with van der Waals surface area (Å²) in [4.78, 5) is 12.3. The van der Waals surface area contributed by atoms with E-state index in [-0.39, 0.29) is 24.1 Å². The van der Waals surface area contributed by atoms with Gasteiger partial charge < -0.3 is 15.4 Å². The molecule has 1 amide bonds. The van der Waals surface area contributed by atoms with Crippen LogP contribution >= 0.6 is 0 Å². The molecular formula is C13H22N4O2. The Labute approximate surface area is 113 Å². The molecule has 1 aromatic heterocycles. The molecule has 1 saturated heterocycles. The van der Waals surface area contributed by atoms with Gasteiger partial charge in [-0.25, -0.2) is 0 Å². The van der Waals surface area contributed by atoms with Crippen molar-refractivity contribution in [3.63, 3.8) is 0 Å². The third kappa shape index (κ3) is 3.33. The molecule has 3 atom stereocenters. The number of carbonyl (C=O) groups excluding carboxylic acids is 1. The monoisotopic (exact) mass is 266 g/mol. The van der Waals surface area contributed by atoms with Crippen molar-refractivity contribution in [3.8, 4) is 0 Å². The van der Waals surface area contributed by atoms with Crippen molar-refractivity contribution in [1.29, 1.82) is 0 Å². The maximum atomic E-state index is 12.3.